The molecule has 0 aromatic heterocycles. The maximum absolute atomic E-state index is 12.7. The van der Waals surface area contributed by atoms with Gasteiger partial charge in [0, 0.05) is 13.2 Å². The number of amides is 1. The molecular weight excluding hydrogens is 330 g/mol. The maximum Gasteiger partial charge on any atom is 0.411 e. The Morgan fingerprint density at radius 3 is 2.69 bits per heavy atom. The van der Waals surface area contributed by atoms with Crippen LogP contribution < -0.4 is 0 Å². The summed E-state index contributed by atoms with van der Waals surface area (Å²) in [7, 11) is 0. The fourth-order valence-corrected chi connectivity index (χ4v) is 4.24. The van der Waals surface area contributed by atoms with Crippen LogP contribution in [0.1, 0.15) is 31.2 Å². The summed E-state index contributed by atoms with van der Waals surface area (Å²) < 4.78 is 16.7. The highest BCUT2D eigenvalue weighted by molar-refractivity contribution is 5.69. The molecule has 1 amide bonds. The van der Waals surface area contributed by atoms with Crippen LogP contribution in [-0.2, 0) is 20.8 Å². The van der Waals surface area contributed by atoms with E-state index in [9.17, 15) is 4.79 Å². The van der Waals surface area contributed by atoms with Crippen molar-refractivity contribution in [3.8, 4) is 0 Å². The van der Waals surface area contributed by atoms with Gasteiger partial charge in [-0.2, -0.15) is 0 Å². The Morgan fingerprint density at radius 2 is 1.92 bits per heavy atom. The van der Waals surface area contributed by atoms with Crippen molar-refractivity contribution in [3.05, 3.63) is 47.5 Å². The van der Waals surface area contributed by atoms with Crippen LogP contribution in [-0.4, -0.2) is 49.5 Å². The third-order valence-electron chi connectivity index (χ3n) is 5.58. The van der Waals surface area contributed by atoms with Gasteiger partial charge in [0.05, 0.1) is 25.3 Å². The van der Waals surface area contributed by atoms with Crippen molar-refractivity contribution in [2.24, 2.45) is 5.92 Å². The van der Waals surface area contributed by atoms with Gasteiger partial charge in [-0.3, -0.25) is 4.90 Å². The van der Waals surface area contributed by atoms with E-state index >= 15 is 0 Å². The number of fused-ring (bicyclic) bond motifs is 2. The molecule has 3 aliphatic heterocycles. The molecule has 5 nitrogen and oxygen atoms in total. The lowest BCUT2D eigenvalue weighted by Crippen LogP contribution is -2.56. The smallest absolute Gasteiger partial charge is 0.411 e. The molecule has 2 saturated heterocycles. The first-order chi connectivity index (χ1) is 12.8. The number of hydrogen-bond donors (Lipinski definition) is 0. The molecule has 0 aliphatic carbocycles. The number of carbonyl (C=O) groups is 1. The van der Waals surface area contributed by atoms with E-state index in [0.717, 1.165) is 44.5 Å². The predicted octanol–water partition coefficient (Wildman–Crippen LogP) is 3.54. The van der Waals surface area contributed by atoms with E-state index in [2.05, 4.69) is 6.08 Å². The number of nitrogens with zero attached hydrogens (tertiary/aromatic N) is 1. The van der Waals surface area contributed by atoms with E-state index in [1.807, 2.05) is 35.2 Å². The Kier molecular flexibility index (Phi) is 5.56. The number of benzene rings is 1. The van der Waals surface area contributed by atoms with Crippen LogP contribution in [0.2, 0.25) is 0 Å². The number of hydrogen-bond acceptors (Lipinski definition) is 4. The summed E-state index contributed by atoms with van der Waals surface area (Å²) in [5, 5.41) is 0. The Balaban J connectivity index is 1.38. The van der Waals surface area contributed by atoms with Gasteiger partial charge in [-0.25, -0.2) is 4.79 Å². The molecule has 5 heteroatoms. The van der Waals surface area contributed by atoms with Crippen LogP contribution in [0.5, 0.6) is 0 Å². The van der Waals surface area contributed by atoms with Crippen LogP contribution in [0.25, 0.3) is 0 Å². The van der Waals surface area contributed by atoms with Crippen LogP contribution in [0.4, 0.5) is 4.79 Å². The van der Waals surface area contributed by atoms with Crippen molar-refractivity contribution in [1.82, 2.24) is 4.90 Å². The van der Waals surface area contributed by atoms with E-state index in [1.54, 1.807) is 0 Å². The van der Waals surface area contributed by atoms with Crippen molar-refractivity contribution in [1.29, 1.82) is 0 Å². The Bertz CT molecular complexity index is 639. The van der Waals surface area contributed by atoms with Crippen molar-refractivity contribution in [2.45, 2.75) is 44.4 Å². The van der Waals surface area contributed by atoms with Crippen molar-refractivity contribution >= 4 is 6.09 Å². The van der Waals surface area contributed by atoms with Crippen molar-refractivity contribution < 1.29 is 19.0 Å². The third-order valence-corrected chi connectivity index (χ3v) is 5.58. The lowest BCUT2D eigenvalue weighted by atomic mass is 9.85. The highest BCUT2D eigenvalue weighted by atomic mass is 16.6. The Labute approximate surface area is 154 Å². The average Bonchev–Trinajstić information content (AvgIpc) is 2.67. The summed E-state index contributed by atoms with van der Waals surface area (Å²) in [6.07, 6.45) is 6.33. The molecule has 2 unspecified atom stereocenters. The quantitative estimate of drug-likeness (QED) is 0.774. The van der Waals surface area contributed by atoms with Gasteiger partial charge < -0.3 is 14.2 Å². The number of carbonyl (C=O) groups excluding carboxylic acids is 1. The van der Waals surface area contributed by atoms with Crippen molar-refractivity contribution in [3.63, 3.8) is 0 Å². The summed E-state index contributed by atoms with van der Waals surface area (Å²) in [6, 6.07) is 9.91. The van der Waals surface area contributed by atoms with Crippen molar-refractivity contribution in [2.75, 3.05) is 26.4 Å². The highest BCUT2D eigenvalue weighted by Crippen LogP contribution is 2.33. The van der Waals surface area contributed by atoms with Gasteiger partial charge in [0.15, 0.2) is 0 Å². The molecular formula is C21H27NO4. The minimum atomic E-state index is -0.228. The van der Waals surface area contributed by atoms with Gasteiger partial charge in [-0.15, -0.1) is 0 Å². The van der Waals surface area contributed by atoms with Crippen LogP contribution in [0, 0.1) is 5.92 Å². The monoisotopic (exact) mass is 357 g/mol. The second-order valence-electron chi connectivity index (χ2n) is 7.49. The first-order valence-electron chi connectivity index (χ1n) is 9.63. The molecule has 4 rings (SSSR count). The molecule has 0 saturated carbocycles. The zero-order valence-electron chi connectivity index (χ0n) is 15.1. The molecule has 0 radical (unpaired) electrons. The molecule has 2 atom stereocenters. The fraction of sp³-hybridized carbons (Fsp3) is 0.571. The third kappa shape index (κ3) is 4.10. The van der Waals surface area contributed by atoms with E-state index in [4.69, 9.17) is 14.2 Å². The largest absolute Gasteiger partial charge is 0.445 e. The van der Waals surface area contributed by atoms with Crippen LogP contribution >= 0.6 is 0 Å². The molecule has 26 heavy (non-hydrogen) atoms. The lowest BCUT2D eigenvalue weighted by Gasteiger charge is -2.44. The lowest BCUT2D eigenvalue weighted by molar-refractivity contribution is -0.0380. The van der Waals surface area contributed by atoms with Crippen LogP contribution in [0.15, 0.2) is 42.0 Å². The maximum atomic E-state index is 12.7. The van der Waals surface area contributed by atoms with Gasteiger partial charge >= 0.3 is 6.09 Å². The fourth-order valence-electron chi connectivity index (χ4n) is 4.24. The second-order valence-corrected chi connectivity index (χ2v) is 7.49. The summed E-state index contributed by atoms with van der Waals surface area (Å²) in [5.74, 6) is 0.716. The minimum Gasteiger partial charge on any atom is -0.445 e. The van der Waals surface area contributed by atoms with E-state index < -0.39 is 0 Å². The first-order valence-corrected chi connectivity index (χ1v) is 9.63. The predicted molar refractivity (Wildman–Crippen MR) is 97.7 cm³/mol. The molecule has 3 heterocycles. The summed E-state index contributed by atoms with van der Waals surface area (Å²) in [4.78, 5) is 14.6. The van der Waals surface area contributed by atoms with E-state index in [1.165, 1.54) is 5.57 Å². The SMILES string of the molecule is O=C(OCc1ccccc1)N1C2C=C(CC3CCOCC3)CC1COC2. The van der Waals surface area contributed by atoms with Gasteiger partial charge in [0.2, 0.25) is 0 Å². The number of rotatable bonds is 4. The number of ether oxygens (including phenoxy) is 3. The van der Waals surface area contributed by atoms with Gasteiger partial charge in [0.25, 0.3) is 0 Å². The molecule has 0 spiro atoms. The van der Waals surface area contributed by atoms with Gasteiger partial charge in [-0.05, 0) is 37.2 Å². The molecule has 1 aromatic carbocycles. The Morgan fingerprint density at radius 1 is 1.12 bits per heavy atom. The normalized spacial score (nSPS) is 26.3. The molecule has 1 aromatic rings. The molecule has 0 N–H and O–H groups in total. The first kappa shape index (κ1) is 17.6. The Hall–Kier alpha value is -1.85. The summed E-state index contributed by atoms with van der Waals surface area (Å²) in [5.41, 5.74) is 2.48. The zero-order chi connectivity index (χ0) is 17.8. The van der Waals surface area contributed by atoms with Gasteiger partial charge in [-0.1, -0.05) is 42.0 Å². The van der Waals surface area contributed by atoms with Crippen LogP contribution in [0.3, 0.4) is 0 Å². The van der Waals surface area contributed by atoms with Gasteiger partial charge in [0.1, 0.15) is 6.61 Å². The van der Waals surface area contributed by atoms with E-state index in [-0.39, 0.29) is 18.2 Å². The summed E-state index contributed by atoms with van der Waals surface area (Å²) >= 11 is 0. The minimum absolute atomic E-state index is 0.000568. The van der Waals surface area contributed by atoms with E-state index in [0.29, 0.717) is 25.7 Å². The molecule has 2 fully saturated rings. The molecule has 2 bridgehead atoms. The molecule has 140 valence electrons. The average molecular weight is 357 g/mol. The topological polar surface area (TPSA) is 48.0 Å². The zero-order valence-corrected chi connectivity index (χ0v) is 15.1. The summed E-state index contributed by atoms with van der Waals surface area (Å²) in [6.45, 7) is 3.24. The standard InChI is InChI=1S/C21H27NO4/c23-21(26-13-17-4-2-1-3-5-17)22-19-11-18(12-20(22)15-25-14-19)10-16-6-8-24-9-7-16/h1-5,11,16,19-20H,6-10,12-15H2. The second kappa shape index (κ2) is 8.23. The number of morpholine rings is 1. The highest BCUT2D eigenvalue weighted by Gasteiger charge is 2.39. The molecule has 3 aliphatic rings.